The number of rotatable bonds is 2. The van der Waals surface area contributed by atoms with E-state index >= 15 is 0 Å². The molecule has 1 aromatic carbocycles. The Hall–Kier alpha value is -2.74. The molecule has 1 amide bonds. The average molecular weight is 369 g/mol. The van der Waals surface area contributed by atoms with E-state index in [0.717, 1.165) is 28.8 Å². The fourth-order valence-electron chi connectivity index (χ4n) is 3.48. The van der Waals surface area contributed by atoms with Crippen LogP contribution < -0.4 is 11.3 Å². The molecule has 8 heteroatoms. The third-order valence-electron chi connectivity index (χ3n) is 4.66. The summed E-state index contributed by atoms with van der Waals surface area (Å²) in [5, 5.41) is 0.498. The minimum absolute atomic E-state index is 0.0234. The van der Waals surface area contributed by atoms with Gasteiger partial charge in [0, 0.05) is 30.6 Å². The number of benzene rings is 1. The van der Waals surface area contributed by atoms with Gasteiger partial charge in [0.1, 0.15) is 5.82 Å². The van der Waals surface area contributed by atoms with Crippen LogP contribution in [-0.4, -0.2) is 38.8 Å². The number of nitrogen functional groups attached to an aromatic ring is 1. The van der Waals surface area contributed by atoms with Gasteiger partial charge in [0.2, 0.25) is 0 Å². The van der Waals surface area contributed by atoms with Crippen LogP contribution in [0.4, 0.5) is 5.13 Å². The summed E-state index contributed by atoms with van der Waals surface area (Å²) in [6.07, 6.45) is 1.80. The van der Waals surface area contributed by atoms with Crippen molar-refractivity contribution in [1.82, 2.24) is 19.9 Å². The predicted molar refractivity (Wildman–Crippen MR) is 102 cm³/mol. The highest BCUT2D eigenvalue weighted by atomic mass is 32.1. The molecule has 3 N–H and O–H groups in total. The van der Waals surface area contributed by atoms with Crippen LogP contribution in [0.3, 0.4) is 0 Å². The fraction of sp³-hybridized carbons (Fsp3) is 0.333. The molecule has 3 aromatic rings. The lowest BCUT2D eigenvalue weighted by atomic mass is 9.94. The highest BCUT2D eigenvalue weighted by Gasteiger charge is 2.27. The maximum atomic E-state index is 12.9. The molecule has 7 nitrogen and oxygen atoms in total. The number of anilines is 1. The summed E-state index contributed by atoms with van der Waals surface area (Å²) in [5.41, 5.74) is 7.71. The molecule has 0 spiro atoms. The SMILES string of the molecule is Cc1nc(C2CCCN(C(=O)c3ccc4sc(N)nc4c3)C2)cc(=O)[nH]1. The van der Waals surface area contributed by atoms with Gasteiger partial charge in [-0.2, -0.15) is 0 Å². The molecule has 0 aliphatic carbocycles. The van der Waals surface area contributed by atoms with Gasteiger partial charge in [0.15, 0.2) is 5.13 Å². The van der Waals surface area contributed by atoms with Crippen LogP contribution in [0, 0.1) is 6.92 Å². The van der Waals surface area contributed by atoms with Gasteiger partial charge < -0.3 is 15.6 Å². The van der Waals surface area contributed by atoms with Crippen LogP contribution in [0.1, 0.15) is 40.6 Å². The molecule has 134 valence electrons. The van der Waals surface area contributed by atoms with E-state index in [-0.39, 0.29) is 17.4 Å². The summed E-state index contributed by atoms with van der Waals surface area (Å²) >= 11 is 1.41. The zero-order chi connectivity index (χ0) is 18.3. The van der Waals surface area contributed by atoms with Crippen molar-refractivity contribution in [3.63, 3.8) is 0 Å². The molecule has 1 aliphatic rings. The van der Waals surface area contributed by atoms with E-state index < -0.39 is 0 Å². The summed E-state index contributed by atoms with van der Waals surface area (Å²) in [7, 11) is 0. The van der Waals surface area contributed by atoms with Gasteiger partial charge in [0.05, 0.1) is 15.9 Å². The van der Waals surface area contributed by atoms with E-state index in [1.807, 2.05) is 17.0 Å². The number of likely N-dealkylation sites (tertiary alicyclic amines) is 1. The van der Waals surface area contributed by atoms with Gasteiger partial charge in [-0.1, -0.05) is 11.3 Å². The van der Waals surface area contributed by atoms with Gasteiger partial charge in [-0.15, -0.1) is 0 Å². The van der Waals surface area contributed by atoms with Crippen LogP contribution in [0.5, 0.6) is 0 Å². The molecular formula is C18H19N5O2S. The first-order valence-electron chi connectivity index (χ1n) is 8.53. The van der Waals surface area contributed by atoms with Crippen molar-refractivity contribution >= 4 is 32.6 Å². The Kier molecular flexibility index (Phi) is 4.20. The lowest BCUT2D eigenvalue weighted by Gasteiger charge is -2.32. The summed E-state index contributed by atoms with van der Waals surface area (Å²) in [5.74, 6) is 0.652. The Bertz CT molecular complexity index is 1040. The second-order valence-corrected chi connectivity index (χ2v) is 7.64. The minimum Gasteiger partial charge on any atom is -0.375 e. The number of fused-ring (bicyclic) bond motifs is 1. The molecule has 1 atom stereocenters. The quantitative estimate of drug-likeness (QED) is 0.721. The van der Waals surface area contributed by atoms with E-state index in [1.165, 1.54) is 17.4 Å². The molecule has 0 radical (unpaired) electrons. The van der Waals surface area contributed by atoms with Crippen molar-refractivity contribution < 1.29 is 4.79 Å². The molecule has 1 unspecified atom stereocenters. The Balaban J connectivity index is 1.58. The molecule has 1 fully saturated rings. The molecule has 3 heterocycles. The molecule has 4 rings (SSSR count). The second kappa shape index (κ2) is 6.53. The summed E-state index contributed by atoms with van der Waals surface area (Å²) in [6, 6.07) is 7.04. The minimum atomic E-state index is -0.150. The standard InChI is InChI=1S/C18H19N5O2S/c1-10-20-13(8-16(24)21-10)12-3-2-6-23(9-12)17(25)11-4-5-15-14(7-11)22-18(19)26-15/h4-5,7-8,12H,2-3,6,9H2,1H3,(H2,19,22)(H,20,21,24). The van der Waals surface area contributed by atoms with Gasteiger partial charge in [-0.05, 0) is 38.0 Å². The largest absolute Gasteiger partial charge is 0.375 e. The molecule has 0 saturated carbocycles. The normalized spacial score (nSPS) is 17.6. The zero-order valence-corrected chi connectivity index (χ0v) is 15.2. The number of hydrogen-bond donors (Lipinski definition) is 2. The molecule has 1 aliphatic heterocycles. The molecule has 2 aromatic heterocycles. The Morgan fingerprint density at radius 3 is 3.00 bits per heavy atom. The van der Waals surface area contributed by atoms with Crippen molar-refractivity contribution in [2.45, 2.75) is 25.7 Å². The molecule has 0 bridgehead atoms. The number of piperidine rings is 1. The summed E-state index contributed by atoms with van der Waals surface area (Å²) in [6.45, 7) is 3.03. The summed E-state index contributed by atoms with van der Waals surface area (Å²) in [4.78, 5) is 37.9. The van der Waals surface area contributed by atoms with Crippen molar-refractivity contribution in [3.05, 3.63) is 51.7 Å². The number of nitrogens with one attached hydrogen (secondary N) is 1. The van der Waals surface area contributed by atoms with Crippen LogP contribution >= 0.6 is 11.3 Å². The lowest BCUT2D eigenvalue weighted by Crippen LogP contribution is -2.39. The number of hydrogen-bond acceptors (Lipinski definition) is 6. The van der Waals surface area contributed by atoms with Crippen molar-refractivity contribution in [2.75, 3.05) is 18.8 Å². The maximum absolute atomic E-state index is 12.9. The first-order chi connectivity index (χ1) is 12.5. The smallest absolute Gasteiger partial charge is 0.253 e. The second-order valence-electron chi connectivity index (χ2n) is 6.58. The van der Waals surface area contributed by atoms with Crippen LogP contribution in [0.15, 0.2) is 29.1 Å². The first-order valence-corrected chi connectivity index (χ1v) is 9.34. The van der Waals surface area contributed by atoms with Crippen molar-refractivity contribution in [2.24, 2.45) is 0 Å². The van der Waals surface area contributed by atoms with Crippen LogP contribution in [-0.2, 0) is 0 Å². The van der Waals surface area contributed by atoms with Crippen molar-refractivity contribution in [3.8, 4) is 0 Å². The Morgan fingerprint density at radius 1 is 1.35 bits per heavy atom. The third kappa shape index (κ3) is 3.20. The number of thiazole rings is 1. The van der Waals surface area contributed by atoms with Crippen LogP contribution in [0.25, 0.3) is 10.2 Å². The highest BCUT2D eigenvalue weighted by Crippen LogP contribution is 2.28. The number of carbonyl (C=O) groups is 1. The van der Waals surface area contributed by atoms with Crippen molar-refractivity contribution in [1.29, 1.82) is 0 Å². The maximum Gasteiger partial charge on any atom is 0.253 e. The number of nitrogens with two attached hydrogens (primary N) is 1. The molecule has 1 saturated heterocycles. The number of aromatic nitrogens is 3. The number of carbonyl (C=O) groups excluding carboxylic acids is 1. The van der Waals surface area contributed by atoms with Gasteiger partial charge in [-0.25, -0.2) is 9.97 Å². The van der Waals surface area contributed by atoms with Gasteiger partial charge >= 0.3 is 0 Å². The van der Waals surface area contributed by atoms with E-state index in [2.05, 4.69) is 15.0 Å². The predicted octanol–water partition coefficient (Wildman–Crippen LogP) is 2.29. The average Bonchev–Trinajstić information content (AvgIpc) is 2.99. The topological polar surface area (TPSA) is 105 Å². The molecular weight excluding hydrogens is 350 g/mol. The fourth-order valence-corrected chi connectivity index (χ4v) is 4.19. The number of aryl methyl sites for hydroxylation is 1. The number of aromatic amines is 1. The van der Waals surface area contributed by atoms with E-state index in [4.69, 9.17) is 5.73 Å². The Labute approximate surface area is 153 Å². The van der Waals surface area contributed by atoms with E-state index in [1.54, 1.807) is 13.0 Å². The number of amides is 1. The van der Waals surface area contributed by atoms with Gasteiger partial charge in [-0.3, -0.25) is 9.59 Å². The number of H-pyrrole nitrogens is 1. The zero-order valence-electron chi connectivity index (χ0n) is 14.4. The van der Waals surface area contributed by atoms with Crippen LogP contribution in [0.2, 0.25) is 0 Å². The molecule has 26 heavy (non-hydrogen) atoms. The first kappa shape index (κ1) is 16.7. The monoisotopic (exact) mass is 369 g/mol. The van der Waals surface area contributed by atoms with Gasteiger partial charge in [0.25, 0.3) is 11.5 Å². The van der Waals surface area contributed by atoms with E-state index in [9.17, 15) is 9.59 Å². The third-order valence-corrected chi connectivity index (χ3v) is 5.52. The number of nitrogens with zero attached hydrogens (tertiary/aromatic N) is 3. The Morgan fingerprint density at radius 2 is 2.19 bits per heavy atom. The highest BCUT2D eigenvalue weighted by molar-refractivity contribution is 7.22. The van der Waals surface area contributed by atoms with E-state index in [0.29, 0.717) is 29.6 Å². The lowest BCUT2D eigenvalue weighted by molar-refractivity contribution is 0.0706. The summed E-state index contributed by atoms with van der Waals surface area (Å²) < 4.78 is 0.971.